The molecule has 0 radical (unpaired) electrons. The van der Waals surface area contributed by atoms with Gasteiger partial charge in [0.1, 0.15) is 0 Å². The van der Waals surface area contributed by atoms with Crippen LogP contribution in [0.5, 0.6) is 0 Å². The summed E-state index contributed by atoms with van der Waals surface area (Å²) in [5.41, 5.74) is 6.59. The predicted molar refractivity (Wildman–Crippen MR) is 57.4 cm³/mol. The molecule has 0 atom stereocenters. The molecule has 1 heterocycles. The fraction of sp³-hybridized carbons (Fsp3) is 0.100. The van der Waals surface area contributed by atoms with E-state index >= 15 is 0 Å². The van der Waals surface area contributed by atoms with Crippen LogP contribution in [0.25, 0.3) is 11.5 Å². The molecule has 0 saturated carbocycles. The van der Waals surface area contributed by atoms with E-state index in [9.17, 15) is 4.79 Å². The van der Waals surface area contributed by atoms with Crippen LogP contribution in [-0.4, -0.2) is 22.6 Å². The van der Waals surface area contributed by atoms with Crippen LogP contribution < -0.4 is 11.1 Å². The van der Waals surface area contributed by atoms with Crippen molar-refractivity contribution in [2.75, 3.05) is 11.9 Å². The molecule has 2 aromatic rings. The number of rotatable bonds is 3. The number of benzene rings is 1. The molecule has 0 unspecified atom stereocenters. The quantitative estimate of drug-likeness (QED) is 0.788. The predicted octanol–water partition coefficient (Wildman–Crippen LogP) is 0.634. The van der Waals surface area contributed by atoms with Gasteiger partial charge in [-0.1, -0.05) is 6.07 Å². The molecule has 0 bridgehead atoms. The summed E-state index contributed by atoms with van der Waals surface area (Å²) in [6.45, 7) is -0.0508. The molecule has 0 saturated heterocycles. The molecule has 2 rings (SSSR count). The number of hydrogen-bond acceptors (Lipinski definition) is 5. The minimum atomic E-state index is -0.248. The van der Waals surface area contributed by atoms with Crippen molar-refractivity contribution in [2.45, 2.75) is 0 Å². The van der Waals surface area contributed by atoms with Gasteiger partial charge in [0.2, 0.25) is 18.2 Å². The number of nitrogens with one attached hydrogen (secondary N) is 1. The number of aromatic nitrogens is 2. The van der Waals surface area contributed by atoms with Crippen molar-refractivity contribution in [1.29, 1.82) is 0 Å². The fourth-order valence-corrected chi connectivity index (χ4v) is 1.24. The summed E-state index contributed by atoms with van der Waals surface area (Å²) in [6.07, 6.45) is 1.25. The van der Waals surface area contributed by atoms with E-state index in [4.69, 9.17) is 10.2 Å². The smallest absolute Gasteiger partial charge is 0.247 e. The lowest BCUT2D eigenvalue weighted by atomic mass is 10.2. The first kappa shape index (κ1) is 10.3. The molecule has 0 fully saturated rings. The SMILES string of the molecule is NCC(=O)Nc1cccc(-c2nnco2)c1. The van der Waals surface area contributed by atoms with Gasteiger partial charge in [0, 0.05) is 11.3 Å². The summed E-state index contributed by atoms with van der Waals surface area (Å²) >= 11 is 0. The van der Waals surface area contributed by atoms with E-state index in [0.29, 0.717) is 11.6 Å². The lowest BCUT2D eigenvalue weighted by Crippen LogP contribution is -2.21. The van der Waals surface area contributed by atoms with Gasteiger partial charge in [0.15, 0.2) is 0 Å². The molecule has 1 aromatic carbocycles. The van der Waals surface area contributed by atoms with E-state index in [1.807, 2.05) is 6.07 Å². The van der Waals surface area contributed by atoms with Crippen LogP contribution in [0.15, 0.2) is 35.1 Å². The first-order chi connectivity index (χ1) is 7.79. The van der Waals surface area contributed by atoms with Crippen molar-refractivity contribution in [3.63, 3.8) is 0 Å². The third kappa shape index (κ3) is 2.23. The summed E-state index contributed by atoms with van der Waals surface area (Å²) in [5.74, 6) is 0.159. The number of amides is 1. The summed E-state index contributed by atoms with van der Waals surface area (Å²) in [5, 5.41) is 9.99. The Labute approximate surface area is 91.5 Å². The van der Waals surface area contributed by atoms with Crippen LogP contribution in [0.3, 0.4) is 0 Å². The molecule has 1 aromatic heterocycles. The van der Waals surface area contributed by atoms with E-state index in [1.165, 1.54) is 6.39 Å². The van der Waals surface area contributed by atoms with Crippen molar-refractivity contribution < 1.29 is 9.21 Å². The summed E-state index contributed by atoms with van der Waals surface area (Å²) < 4.78 is 5.05. The van der Waals surface area contributed by atoms with Gasteiger partial charge in [-0.05, 0) is 18.2 Å². The summed E-state index contributed by atoms with van der Waals surface area (Å²) in [7, 11) is 0. The van der Waals surface area contributed by atoms with E-state index in [-0.39, 0.29) is 12.5 Å². The molecular formula is C10H10N4O2. The number of nitrogens with two attached hydrogens (primary N) is 1. The molecule has 0 aliphatic carbocycles. The maximum absolute atomic E-state index is 11.1. The topological polar surface area (TPSA) is 94.0 Å². The minimum Gasteiger partial charge on any atom is -0.423 e. The highest BCUT2D eigenvalue weighted by molar-refractivity contribution is 5.92. The van der Waals surface area contributed by atoms with Gasteiger partial charge < -0.3 is 15.5 Å². The number of anilines is 1. The molecule has 0 spiro atoms. The largest absolute Gasteiger partial charge is 0.423 e. The van der Waals surface area contributed by atoms with Gasteiger partial charge in [-0.3, -0.25) is 4.79 Å². The van der Waals surface area contributed by atoms with E-state index < -0.39 is 0 Å². The van der Waals surface area contributed by atoms with Crippen LogP contribution >= 0.6 is 0 Å². The molecule has 82 valence electrons. The van der Waals surface area contributed by atoms with Crippen LogP contribution in [0.2, 0.25) is 0 Å². The number of nitrogens with zero attached hydrogens (tertiary/aromatic N) is 2. The van der Waals surface area contributed by atoms with E-state index in [2.05, 4.69) is 15.5 Å². The van der Waals surface area contributed by atoms with Gasteiger partial charge in [-0.2, -0.15) is 0 Å². The molecule has 1 amide bonds. The normalized spacial score (nSPS) is 10.1. The van der Waals surface area contributed by atoms with Gasteiger partial charge in [0.05, 0.1) is 6.54 Å². The molecule has 6 nitrogen and oxygen atoms in total. The van der Waals surface area contributed by atoms with Crippen molar-refractivity contribution in [2.24, 2.45) is 5.73 Å². The molecule has 0 aliphatic heterocycles. The Morgan fingerprint density at radius 3 is 3.06 bits per heavy atom. The Bertz CT molecular complexity index is 481. The maximum Gasteiger partial charge on any atom is 0.247 e. The van der Waals surface area contributed by atoms with Crippen molar-refractivity contribution >= 4 is 11.6 Å². The maximum atomic E-state index is 11.1. The van der Waals surface area contributed by atoms with Gasteiger partial charge in [-0.15, -0.1) is 10.2 Å². The van der Waals surface area contributed by atoms with Gasteiger partial charge >= 0.3 is 0 Å². The highest BCUT2D eigenvalue weighted by Gasteiger charge is 2.05. The lowest BCUT2D eigenvalue weighted by Gasteiger charge is -2.03. The second kappa shape index (κ2) is 4.54. The molecule has 3 N–H and O–H groups in total. The van der Waals surface area contributed by atoms with Crippen LogP contribution in [-0.2, 0) is 4.79 Å². The van der Waals surface area contributed by atoms with Crippen LogP contribution in [0, 0.1) is 0 Å². The average Bonchev–Trinajstić information content (AvgIpc) is 2.83. The van der Waals surface area contributed by atoms with Gasteiger partial charge in [-0.25, -0.2) is 0 Å². The van der Waals surface area contributed by atoms with Crippen molar-refractivity contribution in [1.82, 2.24) is 10.2 Å². The zero-order chi connectivity index (χ0) is 11.4. The van der Waals surface area contributed by atoms with Crippen LogP contribution in [0.1, 0.15) is 0 Å². The zero-order valence-corrected chi connectivity index (χ0v) is 8.38. The Morgan fingerprint density at radius 1 is 1.50 bits per heavy atom. The van der Waals surface area contributed by atoms with E-state index in [0.717, 1.165) is 5.56 Å². The third-order valence-corrected chi connectivity index (χ3v) is 1.94. The highest BCUT2D eigenvalue weighted by atomic mass is 16.4. The van der Waals surface area contributed by atoms with Crippen LogP contribution in [0.4, 0.5) is 5.69 Å². The van der Waals surface area contributed by atoms with Crippen molar-refractivity contribution in [3.05, 3.63) is 30.7 Å². The molecule has 6 heteroatoms. The Balaban J connectivity index is 2.23. The van der Waals surface area contributed by atoms with Gasteiger partial charge in [0.25, 0.3) is 0 Å². The average molecular weight is 218 g/mol. The van der Waals surface area contributed by atoms with E-state index in [1.54, 1.807) is 18.2 Å². The number of carbonyl (C=O) groups excluding carboxylic acids is 1. The number of hydrogen-bond donors (Lipinski definition) is 2. The van der Waals surface area contributed by atoms with Crippen molar-refractivity contribution in [3.8, 4) is 11.5 Å². The standard InChI is InChI=1S/C10H10N4O2/c11-5-9(15)13-8-3-1-2-7(4-8)10-14-12-6-16-10/h1-4,6H,5,11H2,(H,13,15). The third-order valence-electron chi connectivity index (χ3n) is 1.94. The second-order valence-electron chi connectivity index (χ2n) is 3.08. The summed E-state index contributed by atoms with van der Waals surface area (Å²) in [4.78, 5) is 11.1. The first-order valence-electron chi connectivity index (χ1n) is 4.66. The molecule has 0 aliphatic rings. The first-order valence-corrected chi connectivity index (χ1v) is 4.66. The summed E-state index contributed by atoms with van der Waals surface area (Å²) in [6, 6.07) is 7.09. The molecule has 16 heavy (non-hydrogen) atoms. The lowest BCUT2D eigenvalue weighted by molar-refractivity contribution is -0.114. The zero-order valence-electron chi connectivity index (χ0n) is 8.38. The molecular weight excluding hydrogens is 208 g/mol. The number of carbonyl (C=O) groups is 1. The Morgan fingerprint density at radius 2 is 2.38 bits per heavy atom. The minimum absolute atomic E-state index is 0.0508. The Kier molecular flexibility index (Phi) is 2.93. The fourth-order valence-electron chi connectivity index (χ4n) is 1.24. The second-order valence-corrected chi connectivity index (χ2v) is 3.08. The highest BCUT2D eigenvalue weighted by Crippen LogP contribution is 2.19. The Hall–Kier alpha value is -2.21. The monoisotopic (exact) mass is 218 g/mol.